The first-order valence-corrected chi connectivity index (χ1v) is 6.81. The van der Waals surface area contributed by atoms with Gasteiger partial charge in [0.15, 0.2) is 0 Å². The fourth-order valence-electron chi connectivity index (χ4n) is 2.51. The third-order valence-electron chi connectivity index (χ3n) is 3.67. The molecule has 0 spiro atoms. The summed E-state index contributed by atoms with van der Waals surface area (Å²) in [6, 6.07) is 8.23. The molecule has 19 heavy (non-hydrogen) atoms. The molecule has 0 aliphatic heterocycles. The first kappa shape index (κ1) is 13.8. The van der Waals surface area contributed by atoms with Crippen LogP contribution < -0.4 is 0 Å². The molecule has 0 aliphatic carbocycles. The lowest BCUT2D eigenvalue weighted by molar-refractivity contribution is 0.218. The van der Waals surface area contributed by atoms with Gasteiger partial charge in [0.25, 0.3) is 0 Å². The average Bonchev–Trinajstić information content (AvgIpc) is 2.64. The summed E-state index contributed by atoms with van der Waals surface area (Å²) < 4.78 is 1.82. The number of hydrogen-bond donors (Lipinski definition) is 1. The summed E-state index contributed by atoms with van der Waals surface area (Å²) in [6.07, 6.45) is 1.63. The largest absolute Gasteiger partial charge is 0.384 e. The van der Waals surface area contributed by atoms with E-state index in [1.165, 1.54) is 5.56 Å². The molecule has 1 aromatic carbocycles. The van der Waals surface area contributed by atoms with Crippen LogP contribution in [0.15, 0.2) is 24.3 Å². The van der Waals surface area contributed by atoms with Crippen molar-refractivity contribution in [2.24, 2.45) is 7.05 Å². The summed E-state index contributed by atoms with van der Waals surface area (Å²) in [5.74, 6) is 0. The second-order valence-corrected chi connectivity index (χ2v) is 5.10. The molecule has 1 N–H and O–H groups in total. The normalized spacial score (nSPS) is 12.7. The number of aryl methyl sites for hydroxylation is 3. The second kappa shape index (κ2) is 5.57. The van der Waals surface area contributed by atoms with Crippen LogP contribution in [0.2, 0.25) is 0 Å². The van der Waals surface area contributed by atoms with E-state index < -0.39 is 6.10 Å². The van der Waals surface area contributed by atoms with E-state index in [1.54, 1.807) is 0 Å². The highest BCUT2D eigenvalue weighted by molar-refractivity contribution is 5.36. The molecule has 102 valence electrons. The number of hydrogen-bond acceptors (Lipinski definition) is 2. The van der Waals surface area contributed by atoms with E-state index in [-0.39, 0.29) is 0 Å². The highest BCUT2D eigenvalue weighted by atomic mass is 16.3. The maximum atomic E-state index is 10.5. The van der Waals surface area contributed by atoms with E-state index in [4.69, 9.17) is 0 Å². The number of aliphatic hydroxyl groups is 1. The van der Waals surface area contributed by atoms with Gasteiger partial charge in [-0.3, -0.25) is 4.68 Å². The van der Waals surface area contributed by atoms with E-state index in [0.717, 1.165) is 35.4 Å². The topological polar surface area (TPSA) is 38.1 Å². The summed E-state index contributed by atoms with van der Waals surface area (Å²) in [6.45, 7) is 6.10. The smallest absolute Gasteiger partial charge is 0.108 e. The van der Waals surface area contributed by atoms with Gasteiger partial charge in [0.2, 0.25) is 0 Å². The van der Waals surface area contributed by atoms with Gasteiger partial charge in [-0.25, -0.2) is 0 Å². The monoisotopic (exact) mass is 258 g/mol. The Kier molecular flexibility index (Phi) is 4.05. The lowest BCUT2D eigenvalue weighted by Crippen LogP contribution is -2.03. The SMILES string of the molecule is CCCc1ccc(C(O)c2c(C)nn(C)c2C)cc1. The average molecular weight is 258 g/mol. The fraction of sp³-hybridized carbons (Fsp3) is 0.438. The molecule has 0 aliphatic rings. The number of rotatable bonds is 4. The van der Waals surface area contributed by atoms with Crippen molar-refractivity contribution in [2.75, 3.05) is 0 Å². The maximum absolute atomic E-state index is 10.5. The molecule has 3 nitrogen and oxygen atoms in total. The van der Waals surface area contributed by atoms with Crippen LogP contribution in [0.1, 0.15) is 47.5 Å². The summed E-state index contributed by atoms with van der Waals surface area (Å²) in [5, 5.41) is 14.9. The molecule has 0 saturated heterocycles. The van der Waals surface area contributed by atoms with Crippen LogP contribution in [0.3, 0.4) is 0 Å². The van der Waals surface area contributed by atoms with Gasteiger partial charge in [-0.05, 0) is 31.4 Å². The van der Waals surface area contributed by atoms with Gasteiger partial charge in [0.1, 0.15) is 6.10 Å². The minimum atomic E-state index is -0.593. The predicted octanol–water partition coefficient (Wildman–Crippen LogP) is 3.07. The van der Waals surface area contributed by atoms with Crippen molar-refractivity contribution in [1.29, 1.82) is 0 Å². The number of aliphatic hydroxyl groups excluding tert-OH is 1. The van der Waals surface area contributed by atoms with E-state index in [0.29, 0.717) is 0 Å². The molecule has 0 fully saturated rings. The van der Waals surface area contributed by atoms with Crippen LogP contribution in [0.4, 0.5) is 0 Å². The number of aromatic nitrogens is 2. The van der Waals surface area contributed by atoms with Crippen molar-refractivity contribution >= 4 is 0 Å². The van der Waals surface area contributed by atoms with Crippen LogP contribution in [-0.2, 0) is 13.5 Å². The van der Waals surface area contributed by atoms with Gasteiger partial charge in [0, 0.05) is 18.3 Å². The Morgan fingerprint density at radius 1 is 1.21 bits per heavy atom. The molecule has 0 saturated carbocycles. The number of benzene rings is 1. The third kappa shape index (κ3) is 2.71. The molecule has 2 rings (SSSR count). The van der Waals surface area contributed by atoms with E-state index in [1.807, 2.05) is 37.7 Å². The lowest BCUT2D eigenvalue weighted by Gasteiger charge is -2.12. The van der Waals surface area contributed by atoms with Crippen molar-refractivity contribution < 1.29 is 5.11 Å². The third-order valence-corrected chi connectivity index (χ3v) is 3.67. The van der Waals surface area contributed by atoms with Crippen LogP contribution in [-0.4, -0.2) is 14.9 Å². The summed E-state index contributed by atoms with van der Waals surface area (Å²) in [4.78, 5) is 0. The van der Waals surface area contributed by atoms with Crippen molar-refractivity contribution in [3.63, 3.8) is 0 Å². The Balaban J connectivity index is 2.30. The first-order valence-electron chi connectivity index (χ1n) is 6.81. The Labute approximate surface area is 114 Å². The predicted molar refractivity (Wildman–Crippen MR) is 77.2 cm³/mol. The molecule has 0 radical (unpaired) electrons. The molecular formula is C16H22N2O. The molecule has 1 unspecified atom stereocenters. The van der Waals surface area contributed by atoms with E-state index in [9.17, 15) is 5.11 Å². The highest BCUT2D eigenvalue weighted by Crippen LogP contribution is 2.27. The van der Waals surface area contributed by atoms with Gasteiger partial charge >= 0.3 is 0 Å². The molecule has 2 aromatic rings. The summed E-state index contributed by atoms with van der Waals surface area (Å²) in [5.41, 5.74) is 5.08. The van der Waals surface area contributed by atoms with Crippen LogP contribution in [0.25, 0.3) is 0 Å². The van der Waals surface area contributed by atoms with Gasteiger partial charge < -0.3 is 5.11 Å². The zero-order valence-corrected chi connectivity index (χ0v) is 12.1. The molecule has 3 heteroatoms. The van der Waals surface area contributed by atoms with Gasteiger partial charge in [0.05, 0.1) is 5.69 Å². The minimum Gasteiger partial charge on any atom is -0.384 e. The Morgan fingerprint density at radius 3 is 2.32 bits per heavy atom. The van der Waals surface area contributed by atoms with Crippen LogP contribution in [0.5, 0.6) is 0 Å². The van der Waals surface area contributed by atoms with Crippen molar-refractivity contribution in [3.8, 4) is 0 Å². The zero-order valence-electron chi connectivity index (χ0n) is 12.1. The second-order valence-electron chi connectivity index (χ2n) is 5.10. The summed E-state index contributed by atoms with van der Waals surface area (Å²) in [7, 11) is 1.91. The van der Waals surface area contributed by atoms with Crippen molar-refractivity contribution in [2.45, 2.75) is 39.7 Å². The fourth-order valence-corrected chi connectivity index (χ4v) is 2.51. The lowest BCUT2D eigenvalue weighted by atomic mass is 9.98. The van der Waals surface area contributed by atoms with Crippen molar-refractivity contribution in [1.82, 2.24) is 9.78 Å². The first-order chi connectivity index (χ1) is 9.04. The Morgan fingerprint density at radius 2 is 1.84 bits per heavy atom. The molecule has 0 amide bonds. The maximum Gasteiger partial charge on any atom is 0.108 e. The number of nitrogens with zero attached hydrogens (tertiary/aromatic N) is 2. The van der Waals surface area contributed by atoms with E-state index >= 15 is 0 Å². The van der Waals surface area contributed by atoms with E-state index in [2.05, 4.69) is 24.2 Å². The molecule has 0 bridgehead atoms. The van der Waals surface area contributed by atoms with Crippen LogP contribution in [0, 0.1) is 13.8 Å². The molecular weight excluding hydrogens is 236 g/mol. The van der Waals surface area contributed by atoms with Crippen LogP contribution >= 0.6 is 0 Å². The Bertz CT molecular complexity index is 555. The highest BCUT2D eigenvalue weighted by Gasteiger charge is 2.19. The Hall–Kier alpha value is -1.61. The standard InChI is InChI=1S/C16H22N2O/c1-5-6-13-7-9-14(10-8-13)16(19)15-11(2)17-18(4)12(15)3/h7-10,16,19H,5-6H2,1-4H3. The summed E-state index contributed by atoms with van der Waals surface area (Å²) >= 11 is 0. The van der Waals surface area contributed by atoms with Gasteiger partial charge in [-0.2, -0.15) is 5.10 Å². The van der Waals surface area contributed by atoms with Gasteiger partial charge in [-0.1, -0.05) is 37.6 Å². The minimum absolute atomic E-state index is 0.593. The quantitative estimate of drug-likeness (QED) is 0.915. The molecule has 1 aromatic heterocycles. The van der Waals surface area contributed by atoms with Gasteiger partial charge in [-0.15, -0.1) is 0 Å². The van der Waals surface area contributed by atoms with Crippen molar-refractivity contribution in [3.05, 3.63) is 52.3 Å². The zero-order chi connectivity index (χ0) is 14.0. The molecule has 1 heterocycles. The molecule has 1 atom stereocenters.